The second kappa shape index (κ2) is 3.75. The molecule has 0 spiro atoms. The molecule has 2 N–H and O–H groups in total. The van der Waals surface area contributed by atoms with E-state index in [0.29, 0.717) is 4.83 Å². The lowest BCUT2D eigenvalue weighted by Gasteiger charge is -1.92. The van der Waals surface area contributed by atoms with Gasteiger partial charge in [0.2, 0.25) is 5.75 Å². The van der Waals surface area contributed by atoms with Crippen LogP contribution in [0.15, 0.2) is 48.7 Å². The first-order chi connectivity index (χ1) is 8.27. The summed E-state index contributed by atoms with van der Waals surface area (Å²) in [6.07, 6.45) is 1.73. The van der Waals surface area contributed by atoms with Gasteiger partial charge in [-0.25, -0.2) is 0 Å². The number of aromatic nitrogens is 1. The summed E-state index contributed by atoms with van der Waals surface area (Å²) in [7, 11) is 0. The van der Waals surface area contributed by atoms with Crippen LogP contribution in [0.1, 0.15) is 0 Å². The number of pyridine rings is 1. The Hall–Kier alpha value is -2.07. The van der Waals surface area contributed by atoms with Crippen LogP contribution in [0, 0.1) is 0 Å². The summed E-state index contributed by atoms with van der Waals surface area (Å²) in [5.74, 6) is 0.335. The molecule has 3 nitrogen and oxygen atoms in total. The van der Waals surface area contributed by atoms with Crippen molar-refractivity contribution in [2.24, 2.45) is 0 Å². The largest absolute Gasteiger partial charge is 0.502 e. The van der Waals surface area contributed by atoms with Gasteiger partial charge < -0.3 is 10.2 Å². The van der Waals surface area contributed by atoms with E-state index in [0.717, 1.165) is 10.4 Å². The summed E-state index contributed by atoms with van der Waals surface area (Å²) in [6.45, 7) is 0. The van der Waals surface area contributed by atoms with E-state index in [4.69, 9.17) is 0 Å². The highest BCUT2D eigenvalue weighted by atomic mass is 32.1. The van der Waals surface area contributed by atoms with E-state index in [1.54, 1.807) is 22.7 Å². The lowest BCUT2D eigenvalue weighted by atomic mass is 10.2. The van der Waals surface area contributed by atoms with Crippen LogP contribution in [0.3, 0.4) is 0 Å². The molecule has 17 heavy (non-hydrogen) atoms. The molecule has 0 aliphatic heterocycles. The summed E-state index contributed by atoms with van der Waals surface area (Å²) >= 11 is 1.37. The van der Waals surface area contributed by atoms with Crippen molar-refractivity contribution >= 4 is 16.2 Å². The van der Waals surface area contributed by atoms with E-state index in [1.807, 2.05) is 30.3 Å². The minimum Gasteiger partial charge on any atom is -0.502 e. The van der Waals surface area contributed by atoms with Gasteiger partial charge in [-0.05, 0) is 6.07 Å². The molecule has 0 saturated carbocycles. The summed E-state index contributed by atoms with van der Waals surface area (Å²) < 4.78 is 1.59. The van der Waals surface area contributed by atoms with E-state index < -0.39 is 0 Å². The number of rotatable bonds is 1. The molecule has 0 atom stereocenters. The molecular formula is C13H10NO2S+. The van der Waals surface area contributed by atoms with E-state index in [-0.39, 0.29) is 11.6 Å². The van der Waals surface area contributed by atoms with Gasteiger partial charge in [-0.1, -0.05) is 41.7 Å². The summed E-state index contributed by atoms with van der Waals surface area (Å²) in [5.41, 5.74) is 0.943. The van der Waals surface area contributed by atoms with Crippen LogP contribution in [0.25, 0.3) is 15.3 Å². The molecule has 2 heterocycles. The highest BCUT2D eigenvalue weighted by Gasteiger charge is 2.23. The molecule has 0 fully saturated rings. The average Bonchev–Trinajstić information content (AvgIpc) is 2.70. The topological polar surface area (TPSA) is 44.6 Å². The van der Waals surface area contributed by atoms with Crippen molar-refractivity contribution in [1.82, 2.24) is 0 Å². The van der Waals surface area contributed by atoms with Crippen molar-refractivity contribution in [3.05, 3.63) is 48.7 Å². The third-order valence-electron chi connectivity index (χ3n) is 2.59. The highest BCUT2D eigenvalue weighted by Crippen LogP contribution is 2.36. The Labute approximate surface area is 102 Å². The molecule has 0 bridgehead atoms. The quantitative estimate of drug-likeness (QED) is 0.646. The van der Waals surface area contributed by atoms with E-state index in [2.05, 4.69) is 0 Å². The predicted molar refractivity (Wildman–Crippen MR) is 66.2 cm³/mol. The number of hydrogen-bond acceptors (Lipinski definition) is 3. The Morgan fingerprint density at radius 3 is 2.41 bits per heavy atom. The molecule has 0 unspecified atom stereocenters. The molecular weight excluding hydrogens is 234 g/mol. The molecule has 3 aromatic rings. The zero-order valence-electron chi connectivity index (χ0n) is 8.87. The Kier molecular flexibility index (Phi) is 2.23. The Balaban J connectivity index is 2.32. The second-order valence-electron chi connectivity index (χ2n) is 3.69. The molecule has 0 saturated heterocycles. The molecule has 0 aliphatic carbocycles. The fourth-order valence-corrected chi connectivity index (χ4v) is 2.84. The number of thiazole rings is 1. The van der Waals surface area contributed by atoms with Crippen LogP contribution >= 0.6 is 11.3 Å². The Morgan fingerprint density at radius 1 is 0.941 bits per heavy atom. The highest BCUT2D eigenvalue weighted by molar-refractivity contribution is 7.20. The standard InChI is InChI=1S/C13H9NO2S/c15-10-7-4-8-14-12(16)11(17-13(10)14)9-5-2-1-3-6-9/h1-8H,(H-,15,16)/p+1. The first-order valence-electron chi connectivity index (χ1n) is 5.18. The fraction of sp³-hybridized carbons (Fsp3) is 0. The summed E-state index contributed by atoms with van der Waals surface area (Å²) in [6, 6.07) is 12.9. The van der Waals surface area contributed by atoms with E-state index in [1.165, 1.54) is 11.3 Å². The number of nitrogens with zero attached hydrogens (tertiary/aromatic N) is 1. The van der Waals surface area contributed by atoms with Crippen molar-refractivity contribution in [2.75, 3.05) is 0 Å². The minimum absolute atomic E-state index is 0.159. The van der Waals surface area contributed by atoms with Gasteiger partial charge >= 0.3 is 10.7 Å². The number of hydrogen-bond donors (Lipinski definition) is 2. The van der Waals surface area contributed by atoms with E-state index in [9.17, 15) is 10.2 Å². The first-order valence-corrected chi connectivity index (χ1v) is 5.99. The number of benzene rings is 1. The van der Waals surface area contributed by atoms with Crippen molar-refractivity contribution in [3.8, 4) is 22.1 Å². The number of fused-ring (bicyclic) bond motifs is 1. The molecule has 3 rings (SSSR count). The van der Waals surface area contributed by atoms with Crippen molar-refractivity contribution in [3.63, 3.8) is 0 Å². The molecule has 0 aliphatic rings. The normalized spacial score (nSPS) is 10.8. The molecule has 84 valence electrons. The van der Waals surface area contributed by atoms with Crippen LogP contribution < -0.4 is 4.40 Å². The van der Waals surface area contributed by atoms with Crippen LogP contribution in [0.5, 0.6) is 11.6 Å². The molecule has 1 aromatic carbocycles. The smallest absolute Gasteiger partial charge is 0.390 e. The molecule has 2 aromatic heterocycles. The summed E-state index contributed by atoms with van der Waals surface area (Å²) in [5, 5.41) is 19.9. The van der Waals surface area contributed by atoms with Crippen molar-refractivity contribution in [2.45, 2.75) is 0 Å². The SMILES string of the molecule is Oc1ccc[n+]2c(O)c(-c3ccccc3)sc12. The van der Waals surface area contributed by atoms with Gasteiger partial charge in [0.05, 0.1) is 0 Å². The fourth-order valence-electron chi connectivity index (χ4n) is 1.78. The third-order valence-corrected chi connectivity index (χ3v) is 3.81. The van der Waals surface area contributed by atoms with Gasteiger partial charge in [-0.3, -0.25) is 0 Å². The Morgan fingerprint density at radius 2 is 1.71 bits per heavy atom. The maximum Gasteiger partial charge on any atom is 0.390 e. The van der Waals surface area contributed by atoms with Gasteiger partial charge in [0.25, 0.3) is 0 Å². The van der Waals surface area contributed by atoms with Gasteiger partial charge in [-0.15, -0.1) is 4.40 Å². The first kappa shape index (κ1) is 10.1. The van der Waals surface area contributed by atoms with Crippen LogP contribution in [-0.2, 0) is 0 Å². The minimum atomic E-state index is 0.159. The van der Waals surface area contributed by atoms with Crippen LogP contribution in [-0.4, -0.2) is 10.2 Å². The zero-order chi connectivity index (χ0) is 11.8. The van der Waals surface area contributed by atoms with Crippen LogP contribution in [0.2, 0.25) is 0 Å². The van der Waals surface area contributed by atoms with Gasteiger partial charge in [0.1, 0.15) is 0 Å². The molecule has 0 radical (unpaired) electrons. The van der Waals surface area contributed by atoms with Crippen molar-refractivity contribution < 1.29 is 14.6 Å². The maximum atomic E-state index is 10.1. The van der Waals surface area contributed by atoms with Gasteiger partial charge in [-0.2, -0.15) is 0 Å². The third kappa shape index (κ3) is 1.54. The summed E-state index contributed by atoms with van der Waals surface area (Å²) in [4.78, 5) is 1.40. The Bertz CT molecular complexity index is 676. The zero-order valence-corrected chi connectivity index (χ0v) is 9.69. The van der Waals surface area contributed by atoms with Crippen LogP contribution in [0.4, 0.5) is 0 Å². The van der Waals surface area contributed by atoms with Gasteiger partial charge in [0.15, 0.2) is 11.1 Å². The van der Waals surface area contributed by atoms with Gasteiger partial charge in [0, 0.05) is 11.6 Å². The monoisotopic (exact) mass is 244 g/mol. The maximum absolute atomic E-state index is 10.1. The lowest BCUT2D eigenvalue weighted by molar-refractivity contribution is -0.518. The second-order valence-corrected chi connectivity index (χ2v) is 4.69. The van der Waals surface area contributed by atoms with Crippen molar-refractivity contribution in [1.29, 1.82) is 0 Å². The van der Waals surface area contributed by atoms with E-state index >= 15 is 0 Å². The molecule has 0 amide bonds. The number of aromatic hydroxyl groups is 2. The lowest BCUT2D eigenvalue weighted by Crippen LogP contribution is -2.17. The molecule has 4 heteroatoms. The predicted octanol–water partition coefficient (Wildman–Crippen LogP) is 2.57. The average molecular weight is 244 g/mol.